The Morgan fingerprint density at radius 3 is 2.75 bits per heavy atom. The van der Waals surface area contributed by atoms with Gasteiger partial charge in [0.15, 0.2) is 9.84 Å². The van der Waals surface area contributed by atoms with Crippen LogP contribution in [0.3, 0.4) is 0 Å². The monoisotopic (exact) mass is 245 g/mol. The maximum Gasteiger partial charge on any atom is 0.292 e. The van der Waals surface area contributed by atoms with Crippen molar-refractivity contribution >= 4 is 15.9 Å². The summed E-state index contributed by atoms with van der Waals surface area (Å²) < 4.78 is 50.1. The van der Waals surface area contributed by atoms with Gasteiger partial charge >= 0.3 is 0 Å². The van der Waals surface area contributed by atoms with Crippen molar-refractivity contribution in [3.63, 3.8) is 0 Å². The highest BCUT2D eigenvalue weighted by atomic mass is 32.2. The molecule has 0 atom stereocenters. The van der Waals surface area contributed by atoms with Gasteiger partial charge in [-0.15, -0.1) is 0 Å². The number of aromatic nitrogens is 1. The number of halogens is 2. The van der Waals surface area contributed by atoms with Crippen LogP contribution >= 0.6 is 0 Å². The zero-order valence-electron chi connectivity index (χ0n) is 8.28. The predicted octanol–water partition coefficient (Wildman–Crippen LogP) is 1.99. The lowest BCUT2D eigenvalue weighted by atomic mass is 10.1. The summed E-state index contributed by atoms with van der Waals surface area (Å²) in [4.78, 5) is 3.27. The highest BCUT2D eigenvalue weighted by Crippen LogP contribution is 2.39. The fourth-order valence-electron chi connectivity index (χ4n) is 1.58. The summed E-state index contributed by atoms with van der Waals surface area (Å²) >= 11 is 0. The molecule has 0 amide bonds. The summed E-state index contributed by atoms with van der Waals surface area (Å²) in [6.45, 7) is 3.41. The molecule has 0 aliphatic carbocycles. The maximum atomic E-state index is 13.5. The Morgan fingerprint density at radius 2 is 2.12 bits per heavy atom. The van der Waals surface area contributed by atoms with Crippen molar-refractivity contribution in [3.05, 3.63) is 30.1 Å². The molecule has 2 rings (SSSR count). The van der Waals surface area contributed by atoms with Crippen molar-refractivity contribution in [2.24, 2.45) is 0 Å². The van der Waals surface area contributed by atoms with Crippen LogP contribution in [0.4, 0.5) is 8.78 Å². The van der Waals surface area contributed by atoms with Crippen LogP contribution in [0.25, 0.3) is 6.08 Å². The van der Waals surface area contributed by atoms with Gasteiger partial charge in [0.05, 0.1) is 16.3 Å². The van der Waals surface area contributed by atoms with Crippen LogP contribution < -0.4 is 0 Å². The van der Waals surface area contributed by atoms with E-state index < -0.39 is 33.6 Å². The number of sulfone groups is 1. The highest BCUT2D eigenvalue weighted by Gasteiger charge is 2.44. The molecule has 0 unspecified atom stereocenters. The van der Waals surface area contributed by atoms with Gasteiger partial charge in [0.1, 0.15) is 5.69 Å². The SMILES string of the molecule is C=Cc1ccc2c(n1)C(F)(F)CCS2(=O)=O. The van der Waals surface area contributed by atoms with Crippen molar-refractivity contribution in [2.45, 2.75) is 17.2 Å². The third-order valence-corrected chi connectivity index (χ3v) is 4.20. The second kappa shape index (κ2) is 3.35. The number of hydrogen-bond acceptors (Lipinski definition) is 3. The van der Waals surface area contributed by atoms with Gasteiger partial charge in [-0.2, -0.15) is 8.78 Å². The molecule has 3 nitrogen and oxygen atoms in total. The number of hydrogen-bond donors (Lipinski definition) is 0. The molecule has 0 saturated carbocycles. The lowest BCUT2D eigenvalue weighted by Gasteiger charge is -2.24. The topological polar surface area (TPSA) is 47.0 Å². The first-order valence-corrected chi connectivity index (χ1v) is 6.26. The second-order valence-corrected chi connectivity index (χ2v) is 5.64. The number of pyridine rings is 1. The molecule has 0 bridgehead atoms. The Morgan fingerprint density at radius 1 is 1.44 bits per heavy atom. The number of alkyl halides is 2. The van der Waals surface area contributed by atoms with Crippen LogP contribution in [0.15, 0.2) is 23.6 Å². The Hall–Kier alpha value is -1.30. The standard InChI is InChI=1S/C10H9F2NO2S/c1-2-7-3-4-8-9(13-7)10(11,12)5-6-16(8,14)15/h2-4H,1,5-6H2. The summed E-state index contributed by atoms with van der Waals surface area (Å²) in [5.74, 6) is -3.72. The molecule has 0 saturated heterocycles. The number of rotatable bonds is 1. The van der Waals surface area contributed by atoms with Crippen molar-refractivity contribution < 1.29 is 17.2 Å². The molecule has 0 N–H and O–H groups in total. The van der Waals surface area contributed by atoms with E-state index in [2.05, 4.69) is 11.6 Å². The molecule has 2 heterocycles. The Labute approximate surface area is 91.7 Å². The molecule has 1 aromatic heterocycles. The summed E-state index contributed by atoms with van der Waals surface area (Å²) in [5.41, 5.74) is -0.410. The van der Waals surface area contributed by atoms with E-state index in [4.69, 9.17) is 0 Å². The first-order chi connectivity index (χ1) is 7.37. The molecule has 86 valence electrons. The van der Waals surface area contributed by atoms with Crippen LogP contribution in [0.1, 0.15) is 17.8 Å². The molecule has 0 aromatic carbocycles. The van der Waals surface area contributed by atoms with E-state index in [9.17, 15) is 17.2 Å². The molecule has 1 aromatic rings. The van der Waals surface area contributed by atoms with Gasteiger partial charge in [-0.25, -0.2) is 13.4 Å². The lowest BCUT2D eigenvalue weighted by Crippen LogP contribution is -2.29. The first kappa shape index (κ1) is 11.2. The third kappa shape index (κ3) is 1.63. The van der Waals surface area contributed by atoms with Gasteiger partial charge in [-0.05, 0) is 18.2 Å². The average Bonchev–Trinajstić information content (AvgIpc) is 2.24. The van der Waals surface area contributed by atoms with Gasteiger partial charge < -0.3 is 0 Å². The van der Waals surface area contributed by atoms with Gasteiger partial charge in [-0.3, -0.25) is 0 Å². The molecule has 1 aliphatic heterocycles. The van der Waals surface area contributed by atoms with Gasteiger partial charge in [0.2, 0.25) is 0 Å². The third-order valence-electron chi connectivity index (χ3n) is 2.46. The summed E-state index contributed by atoms with van der Waals surface area (Å²) in [6, 6.07) is 2.53. The molecule has 0 fully saturated rings. The molecular formula is C10H9F2NO2S. The van der Waals surface area contributed by atoms with Crippen LogP contribution in [-0.4, -0.2) is 19.2 Å². The average molecular weight is 245 g/mol. The fourth-order valence-corrected chi connectivity index (χ4v) is 3.09. The molecular weight excluding hydrogens is 236 g/mol. The minimum atomic E-state index is -3.61. The smallest absolute Gasteiger partial charge is 0.246 e. The predicted molar refractivity (Wildman–Crippen MR) is 54.9 cm³/mol. The van der Waals surface area contributed by atoms with E-state index >= 15 is 0 Å². The minimum absolute atomic E-state index is 0.246. The van der Waals surface area contributed by atoms with E-state index in [-0.39, 0.29) is 10.6 Å². The van der Waals surface area contributed by atoms with Crippen LogP contribution in [0.5, 0.6) is 0 Å². The van der Waals surface area contributed by atoms with Crippen LogP contribution in [-0.2, 0) is 15.8 Å². The summed E-state index contributed by atoms with van der Waals surface area (Å²) in [6.07, 6.45) is 0.591. The second-order valence-electron chi connectivity index (χ2n) is 3.56. The molecule has 6 heteroatoms. The molecule has 0 spiro atoms. The van der Waals surface area contributed by atoms with E-state index in [0.29, 0.717) is 0 Å². The maximum absolute atomic E-state index is 13.5. The minimum Gasteiger partial charge on any atom is -0.246 e. The molecule has 1 aliphatic rings. The van der Waals surface area contributed by atoms with Gasteiger partial charge in [-0.1, -0.05) is 6.58 Å². The first-order valence-electron chi connectivity index (χ1n) is 4.61. The van der Waals surface area contributed by atoms with E-state index in [0.717, 1.165) is 0 Å². The van der Waals surface area contributed by atoms with Crippen molar-refractivity contribution in [1.29, 1.82) is 0 Å². The quantitative estimate of drug-likeness (QED) is 0.760. The van der Waals surface area contributed by atoms with Crippen LogP contribution in [0.2, 0.25) is 0 Å². The van der Waals surface area contributed by atoms with Crippen LogP contribution in [0, 0.1) is 0 Å². The van der Waals surface area contributed by atoms with Crippen molar-refractivity contribution in [3.8, 4) is 0 Å². The normalized spacial score (nSPS) is 21.1. The van der Waals surface area contributed by atoms with Gasteiger partial charge in [0.25, 0.3) is 5.92 Å². The largest absolute Gasteiger partial charge is 0.292 e. The molecule has 16 heavy (non-hydrogen) atoms. The van der Waals surface area contributed by atoms with E-state index in [1.165, 1.54) is 18.2 Å². The number of fused-ring (bicyclic) bond motifs is 1. The van der Waals surface area contributed by atoms with Gasteiger partial charge in [0, 0.05) is 6.42 Å². The fraction of sp³-hybridized carbons (Fsp3) is 0.300. The molecule has 0 radical (unpaired) electrons. The Bertz CT molecular complexity index is 552. The zero-order valence-corrected chi connectivity index (χ0v) is 9.10. The highest BCUT2D eigenvalue weighted by molar-refractivity contribution is 7.91. The Kier molecular flexibility index (Phi) is 2.34. The number of nitrogens with zero attached hydrogens (tertiary/aromatic N) is 1. The van der Waals surface area contributed by atoms with E-state index in [1.807, 2.05) is 0 Å². The summed E-state index contributed by atoms with van der Waals surface area (Å²) in [5, 5.41) is 0. The van der Waals surface area contributed by atoms with Crippen molar-refractivity contribution in [2.75, 3.05) is 5.75 Å². The Balaban J connectivity index is 2.74. The lowest BCUT2D eigenvalue weighted by molar-refractivity contribution is -0.0175. The van der Waals surface area contributed by atoms with Crippen molar-refractivity contribution in [1.82, 2.24) is 4.98 Å². The summed E-state index contributed by atoms with van der Waals surface area (Å²) in [7, 11) is -3.61. The van der Waals surface area contributed by atoms with E-state index in [1.54, 1.807) is 0 Å². The zero-order chi connectivity index (χ0) is 12.0.